The third kappa shape index (κ3) is 3.53. The number of nitrogens with zero attached hydrogens (tertiary/aromatic N) is 3. The highest BCUT2D eigenvalue weighted by Gasteiger charge is 2.24. The van der Waals surface area contributed by atoms with Crippen LogP contribution in [0.4, 0.5) is 4.79 Å². The van der Waals surface area contributed by atoms with Crippen molar-refractivity contribution in [3.8, 4) is 0 Å². The van der Waals surface area contributed by atoms with Gasteiger partial charge in [0.1, 0.15) is 0 Å². The molecule has 24 heavy (non-hydrogen) atoms. The molecule has 4 heteroatoms. The monoisotopic (exact) mass is 327 g/mol. The number of aryl methyl sites for hydroxylation is 1. The van der Waals surface area contributed by atoms with Gasteiger partial charge in [-0.2, -0.15) is 9.78 Å². The fourth-order valence-electron chi connectivity index (χ4n) is 3.17. The smallest absolute Gasteiger partial charge is 0.318 e. The zero-order valence-corrected chi connectivity index (χ0v) is 15.7. The van der Waals surface area contributed by atoms with E-state index in [9.17, 15) is 4.79 Å². The predicted molar refractivity (Wildman–Crippen MR) is 101 cm³/mol. The predicted octanol–water partition coefficient (Wildman–Crippen LogP) is 4.94. The van der Waals surface area contributed by atoms with Crippen molar-refractivity contribution in [1.82, 2.24) is 14.7 Å². The van der Waals surface area contributed by atoms with Crippen molar-refractivity contribution >= 4 is 16.9 Å². The van der Waals surface area contributed by atoms with Crippen LogP contribution in [0.15, 0.2) is 30.5 Å². The summed E-state index contributed by atoms with van der Waals surface area (Å²) in [7, 11) is 0. The molecule has 130 valence electrons. The number of allylic oxidation sites excluding steroid dienone is 2. The normalized spacial score (nSPS) is 12.0. The zero-order valence-electron chi connectivity index (χ0n) is 15.7. The maximum Gasteiger partial charge on any atom is 0.345 e. The number of fused-ring (bicyclic) bond motifs is 1. The second-order valence-corrected chi connectivity index (χ2v) is 6.82. The Morgan fingerprint density at radius 2 is 1.88 bits per heavy atom. The summed E-state index contributed by atoms with van der Waals surface area (Å²) in [4.78, 5) is 15.0. The Labute approximate surface area is 145 Å². The molecule has 0 saturated carbocycles. The van der Waals surface area contributed by atoms with Crippen molar-refractivity contribution < 1.29 is 4.79 Å². The van der Waals surface area contributed by atoms with Crippen LogP contribution in [-0.4, -0.2) is 32.8 Å². The molecule has 0 unspecified atom stereocenters. The van der Waals surface area contributed by atoms with Gasteiger partial charge in [-0.25, -0.2) is 4.79 Å². The molecule has 0 radical (unpaired) electrons. The summed E-state index contributed by atoms with van der Waals surface area (Å²) < 4.78 is 1.58. The number of amides is 1. The third-order valence-corrected chi connectivity index (χ3v) is 4.29. The molecule has 0 atom stereocenters. The number of aromatic nitrogens is 2. The molecule has 1 aromatic heterocycles. The average Bonchev–Trinajstić information content (AvgIpc) is 2.95. The van der Waals surface area contributed by atoms with Gasteiger partial charge in [-0.05, 0) is 58.6 Å². The van der Waals surface area contributed by atoms with Crippen molar-refractivity contribution in [3.05, 3.63) is 41.6 Å². The van der Waals surface area contributed by atoms with E-state index >= 15 is 0 Å². The van der Waals surface area contributed by atoms with Crippen LogP contribution in [0.25, 0.3) is 10.9 Å². The first-order chi connectivity index (χ1) is 11.4. The van der Waals surface area contributed by atoms with Crippen LogP contribution >= 0.6 is 0 Å². The first-order valence-electron chi connectivity index (χ1n) is 8.82. The van der Waals surface area contributed by atoms with Crippen LogP contribution in [0, 0.1) is 6.92 Å². The first kappa shape index (κ1) is 18.2. The Morgan fingerprint density at radius 1 is 1.21 bits per heavy atom. The van der Waals surface area contributed by atoms with Gasteiger partial charge in [0.05, 0.1) is 11.7 Å². The van der Waals surface area contributed by atoms with Crippen molar-refractivity contribution in [2.75, 3.05) is 0 Å². The molecule has 0 aliphatic heterocycles. The summed E-state index contributed by atoms with van der Waals surface area (Å²) in [5.41, 5.74) is 3.22. The first-order valence-corrected chi connectivity index (χ1v) is 8.82. The number of carbonyl (C=O) groups is 1. The number of benzene rings is 1. The molecule has 0 aliphatic carbocycles. The van der Waals surface area contributed by atoms with Gasteiger partial charge in [-0.1, -0.05) is 31.2 Å². The minimum Gasteiger partial charge on any atom is -0.318 e. The number of carbonyl (C=O) groups excluding carboxylic acids is 1. The van der Waals surface area contributed by atoms with Gasteiger partial charge >= 0.3 is 6.03 Å². The molecule has 0 N–H and O–H groups in total. The molecule has 2 rings (SSSR count). The molecule has 0 bridgehead atoms. The maximum atomic E-state index is 13.1. The molecular formula is C20H29N3O. The van der Waals surface area contributed by atoms with Gasteiger partial charge < -0.3 is 4.90 Å². The van der Waals surface area contributed by atoms with Crippen molar-refractivity contribution in [2.24, 2.45) is 0 Å². The molecule has 0 saturated heterocycles. The minimum absolute atomic E-state index is 0.0543. The lowest BCUT2D eigenvalue weighted by atomic mass is 10.0. The molecule has 1 aromatic carbocycles. The Hall–Kier alpha value is -2.10. The summed E-state index contributed by atoms with van der Waals surface area (Å²) in [6, 6.07) is 4.42. The Balaban J connectivity index is 2.56. The quantitative estimate of drug-likeness (QED) is 0.729. The lowest BCUT2D eigenvalue weighted by Gasteiger charge is -2.30. The van der Waals surface area contributed by atoms with E-state index in [1.165, 1.54) is 0 Å². The zero-order chi connectivity index (χ0) is 17.9. The average molecular weight is 327 g/mol. The number of rotatable bonds is 5. The lowest BCUT2D eigenvalue weighted by molar-refractivity contribution is 0.164. The highest BCUT2D eigenvalue weighted by Crippen LogP contribution is 2.24. The molecule has 2 aromatic rings. The summed E-state index contributed by atoms with van der Waals surface area (Å²) in [5, 5.41) is 5.49. The SMILES string of the molecule is CCC=CCc1ccc(C)c2cnn(C(=O)N(C(C)C)C(C)C)c12. The molecular weight excluding hydrogens is 298 g/mol. The van der Waals surface area contributed by atoms with E-state index < -0.39 is 0 Å². The minimum atomic E-state index is -0.0543. The second-order valence-electron chi connectivity index (χ2n) is 6.82. The number of hydrogen-bond acceptors (Lipinski definition) is 2. The van der Waals surface area contributed by atoms with E-state index in [-0.39, 0.29) is 18.1 Å². The third-order valence-electron chi connectivity index (χ3n) is 4.29. The fourth-order valence-corrected chi connectivity index (χ4v) is 3.17. The van der Waals surface area contributed by atoms with E-state index in [4.69, 9.17) is 0 Å². The van der Waals surface area contributed by atoms with Gasteiger partial charge in [0.2, 0.25) is 0 Å². The van der Waals surface area contributed by atoms with Crippen molar-refractivity contribution in [1.29, 1.82) is 0 Å². The van der Waals surface area contributed by atoms with Gasteiger partial charge in [0.25, 0.3) is 0 Å². The maximum absolute atomic E-state index is 13.1. The van der Waals surface area contributed by atoms with Crippen LogP contribution in [0.5, 0.6) is 0 Å². The van der Waals surface area contributed by atoms with Crippen LogP contribution in [-0.2, 0) is 6.42 Å². The Bertz CT molecular complexity index is 733. The van der Waals surface area contributed by atoms with Gasteiger partial charge in [-0.3, -0.25) is 0 Å². The Morgan fingerprint density at radius 3 is 2.46 bits per heavy atom. The molecule has 1 amide bonds. The Kier molecular flexibility index (Phi) is 5.81. The van der Waals surface area contributed by atoms with Crippen LogP contribution in [0.1, 0.15) is 52.2 Å². The summed E-state index contributed by atoms with van der Waals surface area (Å²) in [6.07, 6.45) is 7.96. The fraction of sp³-hybridized carbons (Fsp3) is 0.500. The van der Waals surface area contributed by atoms with E-state index in [0.717, 1.165) is 34.9 Å². The lowest BCUT2D eigenvalue weighted by Crippen LogP contribution is -2.44. The van der Waals surface area contributed by atoms with E-state index in [1.807, 2.05) is 38.8 Å². The standard InChI is InChI=1S/C20H29N3O/c1-7-8-9-10-17-12-11-16(6)18-13-21-23(19(17)18)20(24)22(14(2)3)15(4)5/h8-9,11-15H,7,10H2,1-6H3. The van der Waals surface area contributed by atoms with Crippen molar-refractivity contribution in [3.63, 3.8) is 0 Å². The van der Waals surface area contributed by atoms with Crippen molar-refractivity contribution in [2.45, 2.75) is 66.5 Å². The van der Waals surface area contributed by atoms with Gasteiger partial charge in [0.15, 0.2) is 0 Å². The van der Waals surface area contributed by atoms with Crippen LogP contribution in [0.2, 0.25) is 0 Å². The van der Waals surface area contributed by atoms with Crippen LogP contribution < -0.4 is 0 Å². The van der Waals surface area contributed by atoms with Gasteiger partial charge in [-0.15, -0.1) is 0 Å². The summed E-state index contributed by atoms with van der Waals surface area (Å²) in [5.74, 6) is 0. The molecule has 4 nitrogen and oxygen atoms in total. The highest BCUT2D eigenvalue weighted by molar-refractivity contribution is 5.93. The molecule has 1 heterocycles. The molecule has 0 spiro atoms. The molecule has 0 aliphatic rings. The summed E-state index contributed by atoms with van der Waals surface area (Å²) in [6.45, 7) is 12.4. The second kappa shape index (κ2) is 7.65. The summed E-state index contributed by atoms with van der Waals surface area (Å²) >= 11 is 0. The highest BCUT2D eigenvalue weighted by atomic mass is 16.2. The van der Waals surface area contributed by atoms with E-state index in [2.05, 4.69) is 43.2 Å². The molecule has 0 fully saturated rings. The largest absolute Gasteiger partial charge is 0.345 e. The van der Waals surface area contributed by atoms with E-state index in [1.54, 1.807) is 4.68 Å². The van der Waals surface area contributed by atoms with E-state index in [0.29, 0.717) is 0 Å². The topological polar surface area (TPSA) is 38.1 Å². The van der Waals surface area contributed by atoms with Gasteiger partial charge in [0, 0.05) is 17.5 Å². The van der Waals surface area contributed by atoms with Crippen LogP contribution in [0.3, 0.4) is 0 Å². The number of hydrogen-bond donors (Lipinski definition) is 0.